The van der Waals surface area contributed by atoms with Crippen molar-refractivity contribution in [2.24, 2.45) is 0 Å². The highest BCUT2D eigenvalue weighted by Crippen LogP contribution is 2.24. The van der Waals surface area contributed by atoms with Crippen LogP contribution in [-0.4, -0.2) is 68.7 Å². The number of aliphatic hydroxyl groups is 1. The summed E-state index contributed by atoms with van der Waals surface area (Å²) in [5.74, 6) is -0.146. The van der Waals surface area contributed by atoms with Crippen LogP contribution in [0.4, 0.5) is 0 Å². The highest BCUT2D eigenvalue weighted by molar-refractivity contribution is 5.76. The number of carbonyl (C=O) groups is 1. The molecule has 0 saturated carbocycles. The quantitative estimate of drug-likeness (QED) is 0.796. The maximum atomic E-state index is 12.3. The molecule has 0 radical (unpaired) electrons. The Bertz CT molecular complexity index is 596. The molecule has 1 aromatic rings. The molecule has 0 aromatic carbocycles. The molecule has 0 spiro atoms. The average molecular weight is 306 g/mol. The number of rotatable bonds is 4. The molecular formula is C15H22N4O3. The number of aromatic nitrogens is 2. The van der Waals surface area contributed by atoms with E-state index in [0.717, 1.165) is 13.1 Å². The molecule has 1 atom stereocenters. The lowest BCUT2D eigenvalue weighted by Crippen LogP contribution is -2.45. The van der Waals surface area contributed by atoms with Gasteiger partial charge in [0.1, 0.15) is 6.54 Å². The minimum atomic E-state index is -0.820. The minimum Gasteiger partial charge on any atom is -0.387 e. The van der Waals surface area contributed by atoms with Crippen molar-refractivity contribution in [3.8, 4) is 0 Å². The summed E-state index contributed by atoms with van der Waals surface area (Å²) in [4.78, 5) is 31.4. The van der Waals surface area contributed by atoms with Crippen LogP contribution >= 0.6 is 0 Å². The fraction of sp³-hybridized carbons (Fsp3) is 0.667. The molecule has 1 amide bonds. The predicted octanol–water partition coefficient (Wildman–Crippen LogP) is -0.697. The topological polar surface area (TPSA) is 78.7 Å². The number of hydrogen-bond acceptors (Lipinski definition) is 5. The molecule has 22 heavy (non-hydrogen) atoms. The molecule has 2 saturated heterocycles. The van der Waals surface area contributed by atoms with E-state index in [0.29, 0.717) is 26.1 Å². The standard InChI is InChI=1S/C15H22N4O3/c20-13(10-18-8-3-5-16-14(18)21)19-9-4-15(22,12-19)11-17-6-1-2-7-17/h3,5,8,22H,1-2,4,6-7,9-12H2/t15-/m0/s1. The summed E-state index contributed by atoms with van der Waals surface area (Å²) in [7, 11) is 0. The molecule has 3 rings (SSSR count). The summed E-state index contributed by atoms with van der Waals surface area (Å²) >= 11 is 0. The number of nitrogens with zero attached hydrogens (tertiary/aromatic N) is 4. The van der Waals surface area contributed by atoms with Gasteiger partial charge in [-0.3, -0.25) is 9.36 Å². The normalized spacial score (nSPS) is 25.8. The SMILES string of the molecule is O=C(Cn1cccnc1=O)N1CC[C@](O)(CN2CCCC2)C1. The number of hydrogen-bond donors (Lipinski definition) is 1. The van der Waals surface area contributed by atoms with Crippen molar-refractivity contribution < 1.29 is 9.90 Å². The molecule has 3 heterocycles. The molecular weight excluding hydrogens is 284 g/mol. The van der Waals surface area contributed by atoms with E-state index in [1.54, 1.807) is 17.2 Å². The monoisotopic (exact) mass is 306 g/mol. The van der Waals surface area contributed by atoms with Crippen molar-refractivity contribution in [2.75, 3.05) is 32.7 Å². The number of β-amino-alcohol motifs (C(OH)–C–C–N with tert-alkyl or cyclic N) is 1. The zero-order chi connectivity index (χ0) is 15.6. The lowest BCUT2D eigenvalue weighted by Gasteiger charge is -2.28. The zero-order valence-electron chi connectivity index (χ0n) is 12.6. The van der Waals surface area contributed by atoms with E-state index in [-0.39, 0.29) is 12.5 Å². The van der Waals surface area contributed by atoms with E-state index < -0.39 is 11.3 Å². The smallest absolute Gasteiger partial charge is 0.347 e. The van der Waals surface area contributed by atoms with Crippen LogP contribution in [-0.2, 0) is 11.3 Å². The van der Waals surface area contributed by atoms with Gasteiger partial charge in [-0.25, -0.2) is 9.78 Å². The third kappa shape index (κ3) is 3.36. The Morgan fingerprint density at radius 3 is 2.82 bits per heavy atom. The molecule has 120 valence electrons. The van der Waals surface area contributed by atoms with Crippen molar-refractivity contribution in [2.45, 2.75) is 31.4 Å². The first-order valence-corrected chi connectivity index (χ1v) is 7.80. The van der Waals surface area contributed by atoms with Crippen LogP contribution in [0.2, 0.25) is 0 Å². The van der Waals surface area contributed by atoms with Gasteiger partial charge in [0.05, 0.1) is 12.1 Å². The van der Waals surface area contributed by atoms with Crippen LogP contribution in [0.3, 0.4) is 0 Å². The summed E-state index contributed by atoms with van der Waals surface area (Å²) in [6.07, 6.45) is 5.93. The minimum absolute atomic E-state index is 0.0214. The predicted molar refractivity (Wildman–Crippen MR) is 80.3 cm³/mol. The first-order valence-electron chi connectivity index (χ1n) is 7.80. The van der Waals surface area contributed by atoms with E-state index in [4.69, 9.17) is 0 Å². The van der Waals surface area contributed by atoms with Crippen LogP contribution in [0.15, 0.2) is 23.3 Å². The van der Waals surface area contributed by atoms with Crippen molar-refractivity contribution in [3.63, 3.8) is 0 Å². The maximum absolute atomic E-state index is 12.3. The maximum Gasteiger partial charge on any atom is 0.347 e. The van der Waals surface area contributed by atoms with Crippen molar-refractivity contribution in [1.82, 2.24) is 19.4 Å². The molecule has 0 bridgehead atoms. The number of likely N-dealkylation sites (tertiary alicyclic amines) is 2. The highest BCUT2D eigenvalue weighted by Gasteiger charge is 2.39. The van der Waals surface area contributed by atoms with E-state index in [9.17, 15) is 14.7 Å². The van der Waals surface area contributed by atoms with Crippen LogP contribution in [0.1, 0.15) is 19.3 Å². The third-order valence-corrected chi connectivity index (χ3v) is 4.49. The van der Waals surface area contributed by atoms with Gasteiger partial charge in [0.15, 0.2) is 0 Å². The first kappa shape index (κ1) is 15.2. The molecule has 7 nitrogen and oxygen atoms in total. The second-order valence-electron chi connectivity index (χ2n) is 6.30. The summed E-state index contributed by atoms with van der Waals surface area (Å²) in [6.45, 7) is 3.55. The van der Waals surface area contributed by atoms with E-state index in [1.807, 2.05) is 0 Å². The molecule has 1 N–H and O–H groups in total. The summed E-state index contributed by atoms with van der Waals surface area (Å²) < 4.78 is 1.29. The van der Waals surface area contributed by atoms with Gasteiger partial charge >= 0.3 is 5.69 Å². The highest BCUT2D eigenvalue weighted by atomic mass is 16.3. The van der Waals surface area contributed by atoms with Crippen LogP contribution < -0.4 is 5.69 Å². The van der Waals surface area contributed by atoms with Gasteiger partial charge in [0.25, 0.3) is 0 Å². The van der Waals surface area contributed by atoms with Gasteiger partial charge in [-0.2, -0.15) is 0 Å². The average Bonchev–Trinajstić information content (AvgIpc) is 3.11. The van der Waals surface area contributed by atoms with Gasteiger partial charge in [0.2, 0.25) is 5.91 Å². The van der Waals surface area contributed by atoms with E-state index >= 15 is 0 Å². The Balaban J connectivity index is 1.58. The number of carbonyl (C=O) groups excluding carboxylic acids is 1. The molecule has 7 heteroatoms. The van der Waals surface area contributed by atoms with Crippen LogP contribution in [0.5, 0.6) is 0 Å². The first-order chi connectivity index (χ1) is 10.6. The molecule has 2 fully saturated rings. The Morgan fingerprint density at radius 1 is 1.32 bits per heavy atom. The van der Waals surface area contributed by atoms with Crippen LogP contribution in [0.25, 0.3) is 0 Å². The van der Waals surface area contributed by atoms with Crippen molar-refractivity contribution >= 4 is 5.91 Å². The van der Waals surface area contributed by atoms with Gasteiger partial charge in [0, 0.05) is 25.5 Å². The zero-order valence-corrected chi connectivity index (χ0v) is 12.6. The molecule has 0 unspecified atom stereocenters. The Hall–Kier alpha value is -1.73. The van der Waals surface area contributed by atoms with Crippen LogP contribution in [0, 0.1) is 0 Å². The Labute approximate surface area is 129 Å². The fourth-order valence-corrected chi connectivity index (χ4v) is 3.31. The fourth-order valence-electron chi connectivity index (χ4n) is 3.31. The number of amides is 1. The third-order valence-electron chi connectivity index (χ3n) is 4.49. The van der Waals surface area contributed by atoms with E-state index in [1.165, 1.54) is 23.6 Å². The van der Waals surface area contributed by atoms with Gasteiger partial charge < -0.3 is 14.9 Å². The Kier molecular flexibility index (Phi) is 4.26. The molecule has 2 aliphatic rings. The molecule has 1 aromatic heterocycles. The van der Waals surface area contributed by atoms with Gasteiger partial charge in [-0.1, -0.05) is 0 Å². The second kappa shape index (κ2) is 6.18. The second-order valence-corrected chi connectivity index (χ2v) is 6.30. The van der Waals surface area contributed by atoms with E-state index in [2.05, 4.69) is 9.88 Å². The lowest BCUT2D eigenvalue weighted by atomic mass is 10.0. The van der Waals surface area contributed by atoms with Crippen molar-refractivity contribution in [3.05, 3.63) is 28.9 Å². The van der Waals surface area contributed by atoms with Crippen molar-refractivity contribution in [1.29, 1.82) is 0 Å². The summed E-state index contributed by atoms with van der Waals surface area (Å²) in [5.41, 5.74) is -1.25. The summed E-state index contributed by atoms with van der Waals surface area (Å²) in [5, 5.41) is 10.7. The largest absolute Gasteiger partial charge is 0.387 e. The Morgan fingerprint density at radius 2 is 2.09 bits per heavy atom. The van der Waals surface area contributed by atoms with Gasteiger partial charge in [-0.15, -0.1) is 0 Å². The molecule has 2 aliphatic heterocycles. The van der Waals surface area contributed by atoms with Gasteiger partial charge in [-0.05, 0) is 38.4 Å². The molecule has 0 aliphatic carbocycles. The lowest BCUT2D eigenvalue weighted by molar-refractivity contribution is -0.132. The summed E-state index contributed by atoms with van der Waals surface area (Å²) in [6, 6.07) is 1.63.